The van der Waals surface area contributed by atoms with Crippen LogP contribution in [0.5, 0.6) is 0 Å². The predicted octanol–water partition coefficient (Wildman–Crippen LogP) is 14.2. The van der Waals surface area contributed by atoms with E-state index in [-0.39, 0.29) is 0 Å². The fourth-order valence-corrected chi connectivity index (χ4v) is 8.28. The molecule has 2 heterocycles. The maximum atomic E-state index is 6.64. The highest BCUT2D eigenvalue weighted by molar-refractivity contribution is 6.32. The lowest BCUT2D eigenvalue weighted by atomic mass is 9.82. The van der Waals surface area contributed by atoms with E-state index in [4.69, 9.17) is 8.83 Å². The van der Waals surface area contributed by atoms with Gasteiger partial charge in [-0.05, 0) is 109 Å². The minimum Gasteiger partial charge on any atom is -0.456 e. The number of benzene rings is 9. The number of rotatable bonds is 4. The summed E-state index contributed by atoms with van der Waals surface area (Å²) in [6, 6.07) is 59.0. The molecule has 0 bridgehead atoms. The molecule has 0 saturated heterocycles. The molecule has 0 amide bonds. The van der Waals surface area contributed by atoms with Gasteiger partial charge in [0.15, 0.2) is 0 Å². The van der Waals surface area contributed by atoms with E-state index in [1.54, 1.807) is 0 Å². The van der Waals surface area contributed by atoms with Crippen LogP contribution in [-0.2, 0) is 0 Å². The first-order valence-electron chi connectivity index (χ1n) is 17.5. The quantitative estimate of drug-likeness (QED) is 0.177. The Hall–Kier alpha value is -6.64. The van der Waals surface area contributed by atoms with E-state index in [0.717, 1.165) is 44.6 Å². The summed E-state index contributed by atoms with van der Waals surface area (Å²) in [5.74, 6) is 1.74. The molecule has 11 aromatic rings. The van der Waals surface area contributed by atoms with Gasteiger partial charge in [0.25, 0.3) is 0 Å². The minimum absolute atomic E-state index is 0.867. The molecule has 2 aromatic heterocycles. The molecule has 0 aliphatic heterocycles. The maximum Gasteiger partial charge on any atom is 0.136 e. The molecule has 238 valence electrons. The molecule has 0 aliphatic carbocycles. The van der Waals surface area contributed by atoms with E-state index >= 15 is 0 Å². The zero-order valence-electron chi connectivity index (χ0n) is 27.9. The molecule has 0 saturated carbocycles. The van der Waals surface area contributed by atoms with Crippen molar-refractivity contribution in [1.82, 2.24) is 0 Å². The Labute approximate surface area is 294 Å². The second-order valence-electron chi connectivity index (χ2n) is 13.7. The van der Waals surface area contributed by atoms with Gasteiger partial charge >= 0.3 is 0 Å². The van der Waals surface area contributed by atoms with Crippen LogP contribution in [0.1, 0.15) is 5.56 Å². The Balaban J connectivity index is 1.33. The molecule has 0 aliphatic rings. The smallest absolute Gasteiger partial charge is 0.136 e. The van der Waals surface area contributed by atoms with Gasteiger partial charge in [0, 0.05) is 21.9 Å². The SMILES string of the molecule is Cc1ccc(-c2cc(-c3cc4ccccc4o3)c3ccc4c(-c5cccc6ccccc56)cc(-c5cc6ccccc6o5)c5ccc2c3c54)cc1. The second kappa shape index (κ2) is 10.7. The van der Waals surface area contributed by atoms with Crippen molar-refractivity contribution in [2.45, 2.75) is 6.92 Å². The van der Waals surface area contributed by atoms with Crippen LogP contribution in [0, 0.1) is 6.92 Å². The molecule has 0 N–H and O–H groups in total. The van der Waals surface area contributed by atoms with Crippen LogP contribution < -0.4 is 0 Å². The van der Waals surface area contributed by atoms with Crippen molar-refractivity contribution in [3.63, 3.8) is 0 Å². The number of hydrogen-bond acceptors (Lipinski definition) is 2. The van der Waals surface area contributed by atoms with Gasteiger partial charge in [-0.1, -0.05) is 133 Å². The molecule has 0 spiro atoms. The third kappa shape index (κ3) is 4.23. The average Bonchev–Trinajstić information content (AvgIpc) is 3.82. The molecule has 11 rings (SSSR count). The van der Waals surface area contributed by atoms with Crippen molar-refractivity contribution in [2.75, 3.05) is 0 Å². The Morgan fingerprint density at radius 3 is 1.43 bits per heavy atom. The summed E-state index contributed by atoms with van der Waals surface area (Å²) in [7, 11) is 0. The number of aryl methyl sites for hydroxylation is 1. The number of furan rings is 2. The van der Waals surface area contributed by atoms with Crippen LogP contribution in [0.4, 0.5) is 0 Å². The third-order valence-electron chi connectivity index (χ3n) is 10.7. The van der Waals surface area contributed by atoms with Crippen molar-refractivity contribution >= 4 is 65.0 Å². The van der Waals surface area contributed by atoms with Crippen LogP contribution in [0.2, 0.25) is 0 Å². The molecule has 0 atom stereocenters. The Bertz CT molecular complexity index is 3070. The Morgan fingerprint density at radius 2 is 0.824 bits per heavy atom. The van der Waals surface area contributed by atoms with Gasteiger partial charge in [-0.2, -0.15) is 0 Å². The summed E-state index contributed by atoms with van der Waals surface area (Å²) in [5.41, 5.74) is 9.96. The first-order valence-corrected chi connectivity index (χ1v) is 17.5. The van der Waals surface area contributed by atoms with Gasteiger partial charge in [-0.15, -0.1) is 0 Å². The van der Waals surface area contributed by atoms with E-state index in [1.807, 2.05) is 24.3 Å². The van der Waals surface area contributed by atoms with E-state index in [1.165, 1.54) is 70.9 Å². The highest BCUT2D eigenvalue weighted by atomic mass is 16.3. The van der Waals surface area contributed by atoms with Gasteiger partial charge in [-0.3, -0.25) is 0 Å². The van der Waals surface area contributed by atoms with Gasteiger partial charge in [0.05, 0.1) is 0 Å². The molecule has 9 aromatic carbocycles. The summed E-state index contributed by atoms with van der Waals surface area (Å²) < 4.78 is 13.2. The topological polar surface area (TPSA) is 26.3 Å². The van der Waals surface area contributed by atoms with Gasteiger partial charge in [0.2, 0.25) is 0 Å². The molecular weight excluding hydrogens is 621 g/mol. The zero-order valence-corrected chi connectivity index (χ0v) is 27.9. The summed E-state index contributed by atoms with van der Waals surface area (Å²) in [5, 5.41) is 11.9. The number of fused-ring (bicyclic) bond motifs is 3. The van der Waals surface area contributed by atoms with E-state index < -0.39 is 0 Å². The van der Waals surface area contributed by atoms with Crippen molar-refractivity contribution in [1.29, 1.82) is 0 Å². The van der Waals surface area contributed by atoms with Gasteiger partial charge < -0.3 is 8.83 Å². The molecule has 2 heteroatoms. The summed E-state index contributed by atoms with van der Waals surface area (Å²) >= 11 is 0. The molecule has 0 unspecified atom stereocenters. The van der Waals surface area contributed by atoms with Gasteiger partial charge in [-0.25, -0.2) is 0 Å². The molecule has 2 nitrogen and oxygen atoms in total. The highest BCUT2D eigenvalue weighted by Gasteiger charge is 2.23. The van der Waals surface area contributed by atoms with E-state index in [0.29, 0.717) is 0 Å². The van der Waals surface area contributed by atoms with Crippen LogP contribution in [0.25, 0.3) is 110 Å². The summed E-state index contributed by atoms with van der Waals surface area (Å²) in [6.45, 7) is 2.14. The summed E-state index contributed by atoms with van der Waals surface area (Å²) in [6.07, 6.45) is 0. The Kier molecular flexibility index (Phi) is 5.91. The molecule has 0 radical (unpaired) electrons. The normalized spacial score (nSPS) is 12.0. The minimum atomic E-state index is 0.867. The van der Waals surface area contributed by atoms with Crippen molar-refractivity contribution in [3.8, 4) is 44.9 Å². The van der Waals surface area contributed by atoms with Gasteiger partial charge in [0.1, 0.15) is 22.7 Å². The van der Waals surface area contributed by atoms with Crippen LogP contribution >= 0.6 is 0 Å². The van der Waals surface area contributed by atoms with Crippen molar-refractivity contribution in [3.05, 3.63) is 169 Å². The fraction of sp³-hybridized carbons (Fsp3) is 0.0204. The first kappa shape index (κ1) is 28.2. The third-order valence-corrected chi connectivity index (χ3v) is 10.7. The number of hydrogen-bond donors (Lipinski definition) is 0. The average molecular weight is 651 g/mol. The predicted molar refractivity (Wildman–Crippen MR) is 214 cm³/mol. The molecular formula is C49H30O2. The second-order valence-corrected chi connectivity index (χ2v) is 13.7. The molecule has 0 fully saturated rings. The lowest BCUT2D eigenvalue weighted by Gasteiger charge is -2.21. The van der Waals surface area contributed by atoms with Crippen LogP contribution in [-0.4, -0.2) is 0 Å². The Morgan fingerprint density at radius 1 is 0.333 bits per heavy atom. The fourth-order valence-electron chi connectivity index (χ4n) is 8.28. The monoisotopic (exact) mass is 650 g/mol. The van der Waals surface area contributed by atoms with Crippen molar-refractivity contribution < 1.29 is 8.83 Å². The lowest BCUT2D eigenvalue weighted by molar-refractivity contribution is 0.632. The van der Waals surface area contributed by atoms with Crippen LogP contribution in [0.3, 0.4) is 0 Å². The summed E-state index contributed by atoms with van der Waals surface area (Å²) in [4.78, 5) is 0. The zero-order chi connectivity index (χ0) is 33.6. The first-order chi connectivity index (χ1) is 25.2. The largest absolute Gasteiger partial charge is 0.456 e. The van der Waals surface area contributed by atoms with Crippen molar-refractivity contribution in [2.24, 2.45) is 0 Å². The van der Waals surface area contributed by atoms with Crippen LogP contribution in [0.15, 0.2) is 173 Å². The number of para-hydroxylation sites is 2. The van der Waals surface area contributed by atoms with E-state index in [2.05, 4.69) is 146 Å². The standard InChI is InChI=1S/C49H30O2/c1-29-17-19-31(20-18-29)40-27-42(46-25-32-10-3-6-15-44(32)50-46)38-24-22-37-41(35-14-8-12-30-9-2-5-13-34(30)35)28-43(39-23-21-36(40)48(38)49(37)39)47-26-33-11-4-7-16-45(33)51-47/h2-28H,1H3. The lowest BCUT2D eigenvalue weighted by Crippen LogP contribution is -1.94. The maximum absolute atomic E-state index is 6.64. The highest BCUT2D eigenvalue weighted by Crippen LogP contribution is 2.50. The molecule has 51 heavy (non-hydrogen) atoms. The van der Waals surface area contributed by atoms with E-state index in [9.17, 15) is 0 Å².